The lowest BCUT2D eigenvalue weighted by Crippen LogP contribution is -2.57. The Morgan fingerprint density at radius 3 is 2.57 bits per heavy atom. The summed E-state index contributed by atoms with van der Waals surface area (Å²) in [6.07, 6.45) is 1.27. The molecule has 1 amide bonds. The van der Waals surface area contributed by atoms with Crippen molar-refractivity contribution in [2.45, 2.75) is 39.2 Å². The number of thiocarbonyl (C=S) groups is 1. The van der Waals surface area contributed by atoms with Crippen LogP contribution in [0.5, 0.6) is 5.75 Å². The van der Waals surface area contributed by atoms with Gasteiger partial charge in [0.1, 0.15) is 5.75 Å². The first kappa shape index (κ1) is 15.8. The normalized spacial score (nSPS) is 17.9. The molecular weight excluding hydrogens is 284 g/mol. The summed E-state index contributed by atoms with van der Waals surface area (Å²) >= 11 is 5.05. The average Bonchev–Trinajstić information content (AvgIpc) is 2.49. The lowest BCUT2D eigenvalue weighted by molar-refractivity contribution is -0.136. The Kier molecular flexibility index (Phi) is 4.52. The van der Waals surface area contributed by atoms with Crippen LogP contribution in [0.1, 0.15) is 33.6 Å². The molecule has 0 bridgehead atoms. The summed E-state index contributed by atoms with van der Waals surface area (Å²) in [7, 11) is 0. The van der Waals surface area contributed by atoms with E-state index in [2.05, 4.69) is 0 Å². The first-order chi connectivity index (χ1) is 9.95. The number of carbonyl (C=O) groups excluding carboxylic acids is 1. The maximum absolute atomic E-state index is 12.9. The summed E-state index contributed by atoms with van der Waals surface area (Å²) in [4.78, 5) is 15.1. The number of amides is 1. The molecule has 1 aliphatic rings. The highest BCUT2D eigenvalue weighted by Crippen LogP contribution is 2.40. The Labute approximate surface area is 131 Å². The van der Waals surface area contributed by atoms with E-state index in [-0.39, 0.29) is 11.8 Å². The van der Waals surface area contributed by atoms with Crippen molar-refractivity contribution in [2.75, 3.05) is 11.4 Å². The van der Waals surface area contributed by atoms with Gasteiger partial charge in [-0.05, 0) is 25.0 Å². The zero-order valence-corrected chi connectivity index (χ0v) is 13.6. The lowest BCUT2D eigenvalue weighted by Gasteiger charge is -2.42. The molecule has 2 N–H and O–H groups in total. The number of ether oxygens (including phenoxy) is 1. The van der Waals surface area contributed by atoms with Crippen molar-refractivity contribution in [3.8, 4) is 5.75 Å². The van der Waals surface area contributed by atoms with Gasteiger partial charge in [0, 0.05) is 12.5 Å². The lowest BCUT2D eigenvalue weighted by atomic mass is 9.92. The number of para-hydroxylation sites is 2. The summed E-state index contributed by atoms with van der Waals surface area (Å²) in [5.74, 6) is 0.701. The van der Waals surface area contributed by atoms with Crippen LogP contribution in [-0.2, 0) is 4.79 Å². The molecule has 0 fully saturated rings. The van der Waals surface area contributed by atoms with Crippen LogP contribution in [0.2, 0.25) is 0 Å². The zero-order chi connectivity index (χ0) is 15.6. The van der Waals surface area contributed by atoms with Gasteiger partial charge in [0.2, 0.25) is 0 Å². The van der Waals surface area contributed by atoms with E-state index < -0.39 is 5.60 Å². The maximum atomic E-state index is 12.9. The van der Waals surface area contributed by atoms with Gasteiger partial charge >= 0.3 is 0 Å². The van der Waals surface area contributed by atoms with E-state index in [9.17, 15) is 4.79 Å². The molecular formula is C16H22N2O2S. The van der Waals surface area contributed by atoms with Crippen molar-refractivity contribution in [3.63, 3.8) is 0 Å². The third kappa shape index (κ3) is 2.75. The van der Waals surface area contributed by atoms with Gasteiger partial charge in [-0.15, -0.1) is 0 Å². The Morgan fingerprint density at radius 1 is 1.38 bits per heavy atom. The molecule has 0 aromatic heterocycles. The molecule has 1 atom stereocenters. The molecule has 1 unspecified atom stereocenters. The minimum absolute atomic E-state index is 0.00528. The number of hydrogen-bond donors (Lipinski definition) is 1. The van der Waals surface area contributed by atoms with Gasteiger partial charge < -0.3 is 15.4 Å². The summed E-state index contributed by atoms with van der Waals surface area (Å²) in [5.41, 5.74) is 5.72. The fourth-order valence-electron chi connectivity index (χ4n) is 2.62. The third-order valence-electron chi connectivity index (χ3n) is 4.18. The van der Waals surface area contributed by atoms with E-state index in [0.717, 1.165) is 11.4 Å². The molecule has 2 rings (SSSR count). The van der Waals surface area contributed by atoms with Crippen LogP contribution >= 0.6 is 12.2 Å². The molecule has 21 heavy (non-hydrogen) atoms. The number of anilines is 1. The number of rotatable bonds is 5. The third-order valence-corrected chi connectivity index (χ3v) is 4.58. The predicted molar refractivity (Wildman–Crippen MR) is 88.7 cm³/mol. The molecule has 114 valence electrons. The number of benzene rings is 1. The van der Waals surface area contributed by atoms with E-state index in [1.54, 1.807) is 4.90 Å². The maximum Gasteiger partial charge on any atom is 0.271 e. The van der Waals surface area contributed by atoms with Crippen molar-refractivity contribution in [3.05, 3.63) is 24.3 Å². The largest absolute Gasteiger partial charge is 0.475 e. The smallest absolute Gasteiger partial charge is 0.271 e. The molecule has 0 saturated carbocycles. The molecule has 1 aromatic rings. The number of fused-ring (bicyclic) bond motifs is 1. The molecule has 0 spiro atoms. The highest BCUT2D eigenvalue weighted by Gasteiger charge is 2.45. The predicted octanol–water partition coefficient (Wildman–Crippen LogP) is 2.89. The van der Waals surface area contributed by atoms with Gasteiger partial charge in [0.25, 0.3) is 5.91 Å². The highest BCUT2D eigenvalue weighted by molar-refractivity contribution is 7.80. The topological polar surface area (TPSA) is 55.6 Å². The number of hydrogen-bond acceptors (Lipinski definition) is 3. The number of nitrogens with two attached hydrogens (primary N) is 1. The van der Waals surface area contributed by atoms with Gasteiger partial charge in [0.15, 0.2) is 5.60 Å². The van der Waals surface area contributed by atoms with E-state index in [1.165, 1.54) is 0 Å². The summed E-state index contributed by atoms with van der Waals surface area (Å²) in [6.45, 7) is 6.37. The second-order valence-corrected chi connectivity index (χ2v) is 5.96. The van der Waals surface area contributed by atoms with E-state index in [4.69, 9.17) is 22.7 Å². The Balaban J connectivity index is 2.45. The van der Waals surface area contributed by atoms with E-state index in [0.29, 0.717) is 24.4 Å². The van der Waals surface area contributed by atoms with Crippen LogP contribution in [0.25, 0.3) is 0 Å². The van der Waals surface area contributed by atoms with Crippen LogP contribution in [0, 0.1) is 5.92 Å². The Bertz CT molecular complexity index is 555. The first-order valence-corrected chi connectivity index (χ1v) is 7.75. The number of nitrogens with zero attached hydrogens (tertiary/aromatic N) is 1. The minimum Gasteiger partial charge on any atom is -0.475 e. The quantitative estimate of drug-likeness (QED) is 0.850. The second kappa shape index (κ2) is 6.02. The molecule has 1 heterocycles. The van der Waals surface area contributed by atoms with Crippen molar-refractivity contribution in [1.82, 2.24) is 0 Å². The summed E-state index contributed by atoms with van der Waals surface area (Å²) in [5, 5.41) is 0. The van der Waals surface area contributed by atoms with Gasteiger partial charge in [-0.1, -0.05) is 45.1 Å². The van der Waals surface area contributed by atoms with Crippen LogP contribution in [0.4, 0.5) is 5.69 Å². The van der Waals surface area contributed by atoms with Crippen LogP contribution in [0.3, 0.4) is 0 Å². The van der Waals surface area contributed by atoms with Gasteiger partial charge in [-0.25, -0.2) is 0 Å². The number of carbonyl (C=O) groups is 1. The van der Waals surface area contributed by atoms with Gasteiger partial charge in [-0.2, -0.15) is 0 Å². The summed E-state index contributed by atoms with van der Waals surface area (Å²) in [6, 6.07) is 7.62. The second-order valence-electron chi connectivity index (χ2n) is 5.49. The molecule has 0 saturated heterocycles. The SMILES string of the molecule is CCC1(CC)Oc2ccccc2N(CC(C)C(N)=S)C1=O. The fraction of sp³-hybridized carbons (Fsp3) is 0.500. The van der Waals surface area contributed by atoms with Crippen LogP contribution < -0.4 is 15.4 Å². The molecule has 4 nitrogen and oxygen atoms in total. The van der Waals surface area contributed by atoms with E-state index in [1.807, 2.05) is 45.0 Å². The molecule has 1 aliphatic heterocycles. The van der Waals surface area contributed by atoms with Crippen molar-refractivity contribution in [1.29, 1.82) is 0 Å². The molecule has 1 aromatic carbocycles. The van der Waals surface area contributed by atoms with E-state index >= 15 is 0 Å². The standard InChI is InChI=1S/C16H22N2O2S/c1-4-16(5-2)15(19)18(10-11(3)14(17)21)12-8-6-7-9-13(12)20-16/h6-9,11H,4-5,10H2,1-3H3,(H2,17,21). The zero-order valence-electron chi connectivity index (χ0n) is 12.8. The molecule has 5 heteroatoms. The Hall–Kier alpha value is -1.62. The van der Waals surface area contributed by atoms with Crippen LogP contribution in [0.15, 0.2) is 24.3 Å². The highest BCUT2D eigenvalue weighted by atomic mass is 32.1. The Morgan fingerprint density at radius 2 is 2.00 bits per heavy atom. The monoisotopic (exact) mass is 306 g/mol. The fourth-order valence-corrected chi connectivity index (χ4v) is 2.69. The van der Waals surface area contributed by atoms with Gasteiger partial charge in [-0.3, -0.25) is 4.79 Å². The molecule has 0 aliphatic carbocycles. The summed E-state index contributed by atoms with van der Waals surface area (Å²) < 4.78 is 6.05. The van der Waals surface area contributed by atoms with Crippen molar-refractivity contribution in [2.24, 2.45) is 11.7 Å². The van der Waals surface area contributed by atoms with Gasteiger partial charge in [0.05, 0.1) is 10.7 Å². The minimum atomic E-state index is -0.787. The van der Waals surface area contributed by atoms with Crippen molar-refractivity contribution >= 4 is 28.8 Å². The average molecular weight is 306 g/mol. The first-order valence-electron chi connectivity index (χ1n) is 7.34. The van der Waals surface area contributed by atoms with Crippen LogP contribution in [-0.4, -0.2) is 23.0 Å². The molecule has 0 radical (unpaired) electrons. The van der Waals surface area contributed by atoms with Crippen molar-refractivity contribution < 1.29 is 9.53 Å².